The molecule has 0 aromatic heterocycles. The molecule has 0 radical (unpaired) electrons. The Morgan fingerprint density at radius 1 is 1.54 bits per heavy atom. The zero-order valence-electron chi connectivity index (χ0n) is 8.90. The summed E-state index contributed by atoms with van der Waals surface area (Å²) in [7, 11) is 0. The molecule has 1 heterocycles. The van der Waals surface area contributed by atoms with Crippen molar-refractivity contribution in [3.05, 3.63) is 0 Å². The van der Waals surface area contributed by atoms with Gasteiger partial charge in [0, 0.05) is 18.6 Å². The van der Waals surface area contributed by atoms with Crippen LogP contribution in [0.25, 0.3) is 0 Å². The molecule has 1 aliphatic heterocycles. The monoisotopic (exact) mass is 185 g/mol. The van der Waals surface area contributed by atoms with Crippen molar-refractivity contribution < 1.29 is 0 Å². The van der Waals surface area contributed by atoms with Gasteiger partial charge >= 0.3 is 0 Å². The first-order valence-corrected chi connectivity index (χ1v) is 5.34. The minimum absolute atomic E-state index is 0.169. The van der Waals surface area contributed by atoms with Crippen LogP contribution in [0, 0.1) is 5.92 Å². The highest BCUT2D eigenvalue weighted by Gasteiger charge is 2.29. The van der Waals surface area contributed by atoms with Gasteiger partial charge in [0.1, 0.15) is 0 Å². The van der Waals surface area contributed by atoms with E-state index in [2.05, 4.69) is 24.5 Å². The second-order valence-corrected chi connectivity index (χ2v) is 4.54. The zero-order valence-corrected chi connectivity index (χ0v) is 8.90. The Balaban J connectivity index is 2.38. The lowest BCUT2D eigenvalue weighted by Crippen LogP contribution is -2.60. The van der Waals surface area contributed by atoms with Crippen molar-refractivity contribution in [1.82, 2.24) is 10.6 Å². The SMILES string of the molecule is CC(C)CNC1(CN)CCCNC1. The standard InChI is InChI=1S/C10H23N3/c1-9(2)6-13-10(7-11)4-3-5-12-8-10/h9,12-13H,3-8,11H2,1-2H3. The highest BCUT2D eigenvalue weighted by Crippen LogP contribution is 2.14. The van der Waals surface area contributed by atoms with E-state index in [1.54, 1.807) is 0 Å². The summed E-state index contributed by atoms with van der Waals surface area (Å²) in [5.41, 5.74) is 5.99. The number of rotatable bonds is 4. The van der Waals surface area contributed by atoms with Gasteiger partial charge < -0.3 is 16.4 Å². The molecule has 1 rings (SSSR count). The number of piperidine rings is 1. The van der Waals surface area contributed by atoms with Crippen LogP contribution in [-0.2, 0) is 0 Å². The molecule has 1 saturated heterocycles. The highest BCUT2D eigenvalue weighted by atomic mass is 15.1. The molecule has 0 aromatic carbocycles. The van der Waals surface area contributed by atoms with Gasteiger partial charge in [-0.15, -0.1) is 0 Å². The Hall–Kier alpha value is -0.120. The second-order valence-electron chi connectivity index (χ2n) is 4.54. The molecule has 4 N–H and O–H groups in total. The third-order valence-corrected chi connectivity index (χ3v) is 2.75. The van der Waals surface area contributed by atoms with E-state index in [9.17, 15) is 0 Å². The van der Waals surface area contributed by atoms with E-state index in [1.807, 2.05) is 0 Å². The maximum absolute atomic E-state index is 5.82. The topological polar surface area (TPSA) is 50.1 Å². The smallest absolute Gasteiger partial charge is 0.0430 e. The minimum atomic E-state index is 0.169. The Labute approximate surface area is 81.5 Å². The quantitative estimate of drug-likeness (QED) is 0.591. The summed E-state index contributed by atoms with van der Waals surface area (Å²) in [6, 6.07) is 0. The van der Waals surface area contributed by atoms with Crippen molar-refractivity contribution in [2.75, 3.05) is 26.2 Å². The lowest BCUT2D eigenvalue weighted by molar-refractivity contribution is 0.247. The summed E-state index contributed by atoms with van der Waals surface area (Å²) in [5.74, 6) is 0.699. The van der Waals surface area contributed by atoms with Crippen molar-refractivity contribution in [3.8, 4) is 0 Å². The van der Waals surface area contributed by atoms with Crippen LogP contribution in [0.3, 0.4) is 0 Å². The summed E-state index contributed by atoms with van der Waals surface area (Å²) in [6.07, 6.45) is 2.45. The predicted molar refractivity (Wildman–Crippen MR) is 56.7 cm³/mol. The Morgan fingerprint density at radius 2 is 2.31 bits per heavy atom. The van der Waals surface area contributed by atoms with E-state index in [4.69, 9.17) is 5.73 Å². The van der Waals surface area contributed by atoms with E-state index in [-0.39, 0.29) is 5.54 Å². The van der Waals surface area contributed by atoms with Crippen molar-refractivity contribution in [2.45, 2.75) is 32.2 Å². The second kappa shape index (κ2) is 4.94. The molecule has 78 valence electrons. The molecule has 0 saturated carbocycles. The first kappa shape index (κ1) is 11.0. The van der Waals surface area contributed by atoms with Gasteiger partial charge in [-0.3, -0.25) is 0 Å². The van der Waals surface area contributed by atoms with Crippen molar-refractivity contribution in [2.24, 2.45) is 11.7 Å². The van der Waals surface area contributed by atoms with Crippen LogP contribution in [0.1, 0.15) is 26.7 Å². The van der Waals surface area contributed by atoms with E-state index in [0.29, 0.717) is 5.92 Å². The van der Waals surface area contributed by atoms with Gasteiger partial charge in [-0.2, -0.15) is 0 Å². The molecule has 0 aromatic rings. The number of nitrogens with two attached hydrogens (primary N) is 1. The van der Waals surface area contributed by atoms with Crippen LogP contribution in [-0.4, -0.2) is 31.7 Å². The minimum Gasteiger partial charge on any atom is -0.329 e. The first-order chi connectivity index (χ1) is 6.18. The first-order valence-electron chi connectivity index (χ1n) is 5.34. The Kier molecular flexibility index (Phi) is 4.16. The summed E-state index contributed by atoms with van der Waals surface area (Å²) >= 11 is 0. The fourth-order valence-corrected chi connectivity index (χ4v) is 1.79. The van der Waals surface area contributed by atoms with Crippen molar-refractivity contribution in [3.63, 3.8) is 0 Å². The third kappa shape index (κ3) is 3.25. The molecule has 0 bridgehead atoms. The van der Waals surface area contributed by atoms with Gasteiger partial charge in [0.2, 0.25) is 0 Å². The molecule has 0 aliphatic carbocycles. The molecular formula is C10H23N3. The zero-order chi connectivity index (χ0) is 9.73. The van der Waals surface area contributed by atoms with Gasteiger partial charge in [-0.05, 0) is 31.8 Å². The van der Waals surface area contributed by atoms with E-state index >= 15 is 0 Å². The van der Waals surface area contributed by atoms with Crippen LogP contribution < -0.4 is 16.4 Å². The van der Waals surface area contributed by atoms with Crippen LogP contribution in [0.5, 0.6) is 0 Å². The van der Waals surface area contributed by atoms with Crippen LogP contribution in [0.15, 0.2) is 0 Å². The molecule has 3 nitrogen and oxygen atoms in total. The molecule has 0 amide bonds. The number of hydrogen-bond acceptors (Lipinski definition) is 3. The van der Waals surface area contributed by atoms with Crippen LogP contribution in [0.4, 0.5) is 0 Å². The molecule has 1 fully saturated rings. The predicted octanol–water partition coefficient (Wildman–Crippen LogP) is 0.313. The van der Waals surface area contributed by atoms with Gasteiger partial charge in [-0.25, -0.2) is 0 Å². The molecule has 3 heteroatoms. The Morgan fingerprint density at radius 3 is 2.77 bits per heavy atom. The average molecular weight is 185 g/mol. The molecule has 1 unspecified atom stereocenters. The van der Waals surface area contributed by atoms with E-state index < -0.39 is 0 Å². The van der Waals surface area contributed by atoms with Gasteiger partial charge in [-0.1, -0.05) is 13.8 Å². The Bertz CT molecular complexity index is 139. The summed E-state index contributed by atoms with van der Waals surface area (Å²) < 4.78 is 0. The fourth-order valence-electron chi connectivity index (χ4n) is 1.79. The summed E-state index contributed by atoms with van der Waals surface area (Å²) in [4.78, 5) is 0. The van der Waals surface area contributed by atoms with E-state index in [1.165, 1.54) is 12.8 Å². The lowest BCUT2D eigenvalue weighted by Gasteiger charge is -2.38. The van der Waals surface area contributed by atoms with Crippen molar-refractivity contribution in [1.29, 1.82) is 0 Å². The molecule has 13 heavy (non-hydrogen) atoms. The van der Waals surface area contributed by atoms with Crippen molar-refractivity contribution >= 4 is 0 Å². The average Bonchev–Trinajstić information content (AvgIpc) is 2.16. The summed E-state index contributed by atoms with van der Waals surface area (Å²) in [6.45, 7) is 8.44. The highest BCUT2D eigenvalue weighted by molar-refractivity contribution is 4.94. The summed E-state index contributed by atoms with van der Waals surface area (Å²) in [5, 5.41) is 7.00. The largest absolute Gasteiger partial charge is 0.329 e. The van der Waals surface area contributed by atoms with Crippen LogP contribution >= 0.6 is 0 Å². The maximum atomic E-state index is 5.82. The lowest BCUT2D eigenvalue weighted by atomic mass is 9.90. The molecule has 1 atom stereocenters. The maximum Gasteiger partial charge on any atom is 0.0430 e. The van der Waals surface area contributed by atoms with Gasteiger partial charge in [0.05, 0.1) is 0 Å². The third-order valence-electron chi connectivity index (χ3n) is 2.75. The molecule has 0 spiro atoms. The normalized spacial score (nSPS) is 29.5. The van der Waals surface area contributed by atoms with Gasteiger partial charge in [0.25, 0.3) is 0 Å². The van der Waals surface area contributed by atoms with Crippen LogP contribution in [0.2, 0.25) is 0 Å². The fraction of sp³-hybridized carbons (Fsp3) is 1.00. The number of nitrogens with one attached hydrogen (secondary N) is 2. The number of hydrogen-bond donors (Lipinski definition) is 3. The van der Waals surface area contributed by atoms with Gasteiger partial charge in [0.15, 0.2) is 0 Å². The van der Waals surface area contributed by atoms with E-state index in [0.717, 1.165) is 26.2 Å². The molecular weight excluding hydrogens is 162 g/mol. The molecule has 1 aliphatic rings.